The summed E-state index contributed by atoms with van der Waals surface area (Å²) in [6, 6.07) is 3.77. The fourth-order valence-corrected chi connectivity index (χ4v) is 2.68. The number of hydrogen-bond acceptors (Lipinski definition) is 6. The van der Waals surface area contributed by atoms with Gasteiger partial charge in [-0.25, -0.2) is 5.43 Å². The van der Waals surface area contributed by atoms with Crippen LogP contribution in [-0.2, 0) is 0 Å². The Bertz CT molecular complexity index is 556. The van der Waals surface area contributed by atoms with Crippen molar-refractivity contribution in [2.75, 3.05) is 12.5 Å². The Morgan fingerprint density at radius 1 is 1.44 bits per heavy atom. The van der Waals surface area contributed by atoms with E-state index in [0.29, 0.717) is 11.7 Å². The smallest absolute Gasteiger partial charge is 0.283 e. The van der Waals surface area contributed by atoms with E-state index in [1.807, 2.05) is 12.1 Å². The standard InChI is InChI=1S/C9H8Br2N6O/c1-18-8-5(2-6(10)3-7(8)11)4-12-13-9-14-16-17-15-9/h2-4H,1H3,(H2,13,14,15,16,17)/b12-4+. The molecule has 0 aliphatic heterocycles. The lowest BCUT2D eigenvalue weighted by Crippen LogP contribution is -1.96. The molecule has 0 bridgehead atoms. The van der Waals surface area contributed by atoms with Gasteiger partial charge >= 0.3 is 0 Å². The fraction of sp³-hybridized carbons (Fsp3) is 0.111. The number of anilines is 1. The zero-order valence-electron chi connectivity index (χ0n) is 9.19. The predicted octanol–water partition coefficient (Wildman–Crippen LogP) is 2.18. The molecule has 1 aromatic carbocycles. The lowest BCUT2D eigenvalue weighted by molar-refractivity contribution is 0.411. The number of hydrazone groups is 1. The number of nitrogens with one attached hydrogen (secondary N) is 2. The van der Waals surface area contributed by atoms with Crippen molar-refractivity contribution >= 4 is 44.0 Å². The molecule has 0 saturated heterocycles. The van der Waals surface area contributed by atoms with Gasteiger partial charge in [-0.05, 0) is 33.3 Å². The molecule has 0 aliphatic rings. The third kappa shape index (κ3) is 3.05. The number of H-pyrrole nitrogens is 1. The molecule has 9 heteroatoms. The molecule has 2 N–H and O–H groups in total. The van der Waals surface area contributed by atoms with Gasteiger partial charge in [0.25, 0.3) is 5.95 Å². The van der Waals surface area contributed by atoms with E-state index in [2.05, 4.69) is 63.0 Å². The van der Waals surface area contributed by atoms with Crippen LogP contribution in [0.25, 0.3) is 0 Å². The highest BCUT2D eigenvalue weighted by atomic mass is 79.9. The molecule has 1 heterocycles. The number of aromatic nitrogens is 4. The summed E-state index contributed by atoms with van der Waals surface area (Å²) in [6.45, 7) is 0. The van der Waals surface area contributed by atoms with Gasteiger partial charge in [0.1, 0.15) is 5.75 Å². The van der Waals surface area contributed by atoms with Crippen molar-refractivity contribution < 1.29 is 4.74 Å². The van der Waals surface area contributed by atoms with Crippen molar-refractivity contribution in [1.29, 1.82) is 0 Å². The highest BCUT2D eigenvalue weighted by Gasteiger charge is 2.07. The van der Waals surface area contributed by atoms with Crippen LogP contribution in [0.4, 0.5) is 5.95 Å². The monoisotopic (exact) mass is 374 g/mol. The Morgan fingerprint density at radius 3 is 2.94 bits per heavy atom. The van der Waals surface area contributed by atoms with Crippen molar-refractivity contribution in [1.82, 2.24) is 20.6 Å². The van der Waals surface area contributed by atoms with Gasteiger partial charge in [0.2, 0.25) is 0 Å². The number of benzene rings is 1. The first kappa shape index (κ1) is 13.0. The normalized spacial score (nSPS) is 10.8. The van der Waals surface area contributed by atoms with E-state index >= 15 is 0 Å². The molecule has 0 amide bonds. The van der Waals surface area contributed by atoms with Crippen LogP contribution in [0.1, 0.15) is 5.56 Å². The fourth-order valence-electron chi connectivity index (χ4n) is 1.26. The summed E-state index contributed by atoms with van der Waals surface area (Å²) in [5, 5.41) is 17.1. The Hall–Kier alpha value is -1.48. The minimum Gasteiger partial charge on any atom is -0.495 e. The molecule has 7 nitrogen and oxygen atoms in total. The molecule has 18 heavy (non-hydrogen) atoms. The van der Waals surface area contributed by atoms with Gasteiger partial charge in [-0.2, -0.15) is 10.3 Å². The first-order valence-electron chi connectivity index (χ1n) is 4.76. The molecule has 0 aliphatic carbocycles. The maximum atomic E-state index is 5.28. The third-order valence-electron chi connectivity index (χ3n) is 1.95. The number of hydrogen-bond donors (Lipinski definition) is 2. The molecule has 0 atom stereocenters. The van der Waals surface area contributed by atoms with Gasteiger partial charge < -0.3 is 4.74 Å². The van der Waals surface area contributed by atoms with E-state index in [0.717, 1.165) is 14.5 Å². The number of halogens is 2. The van der Waals surface area contributed by atoms with Crippen LogP contribution in [0.15, 0.2) is 26.2 Å². The van der Waals surface area contributed by atoms with Gasteiger partial charge in [-0.3, -0.25) is 0 Å². The Morgan fingerprint density at radius 2 is 2.28 bits per heavy atom. The minimum absolute atomic E-state index is 0.291. The Balaban J connectivity index is 2.20. The zero-order chi connectivity index (χ0) is 13.0. The summed E-state index contributed by atoms with van der Waals surface area (Å²) >= 11 is 6.81. The van der Waals surface area contributed by atoms with Crippen LogP contribution >= 0.6 is 31.9 Å². The van der Waals surface area contributed by atoms with E-state index in [1.165, 1.54) is 0 Å². The predicted molar refractivity (Wildman–Crippen MR) is 73.8 cm³/mol. The number of rotatable bonds is 4. The van der Waals surface area contributed by atoms with Crippen LogP contribution in [0.2, 0.25) is 0 Å². The number of nitrogens with zero attached hydrogens (tertiary/aromatic N) is 4. The van der Waals surface area contributed by atoms with Crippen LogP contribution in [0, 0.1) is 0 Å². The van der Waals surface area contributed by atoms with E-state index in [-0.39, 0.29) is 0 Å². The number of ether oxygens (including phenoxy) is 1. The highest BCUT2D eigenvalue weighted by Crippen LogP contribution is 2.31. The molecule has 1 aromatic heterocycles. The van der Waals surface area contributed by atoms with Crippen molar-refractivity contribution in [3.05, 3.63) is 26.6 Å². The van der Waals surface area contributed by atoms with E-state index in [4.69, 9.17) is 4.74 Å². The van der Waals surface area contributed by atoms with Gasteiger partial charge in [-0.1, -0.05) is 21.0 Å². The molecular weight excluding hydrogens is 368 g/mol. The van der Waals surface area contributed by atoms with Crippen LogP contribution in [0.3, 0.4) is 0 Å². The maximum absolute atomic E-state index is 5.28. The number of aromatic amines is 1. The zero-order valence-corrected chi connectivity index (χ0v) is 12.4. The molecule has 2 aromatic rings. The summed E-state index contributed by atoms with van der Waals surface area (Å²) in [5.74, 6) is 0.983. The first-order chi connectivity index (χ1) is 8.70. The number of tetrazole rings is 1. The van der Waals surface area contributed by atoms with Crippen molar-refractivity contribution in [3.8, 4) is 5.75 Å². The molecule has 0 saturated carbocycles. The van der Waals surface area contributed by atoms with Crippen molar-refractivity contribution in [2.24, 2.45) is 5.10 Å². The van der Waals surface area contributed by atoms with Crippen LogP contribution in [-0.4, -0.2) is 33.9 Å². The topological polar surface area (TPSA) is 88.1 Å². The van der Waals surface area contributed by atoms with E-state index in [1.54, 1.807) is 13.3 Å². The van der Waals surface area contributed by atoms with Crippen molar-refractivity contribution in [3.63, 3.8) is 0 Å². The number of methoxy groups -OCH3 is 1. The average Bonchev–Trinajstić information content (AvgIpc) is 2.81. The summed E-state index contributed by atoms with van der Waals surface area (Å²) in [5.41, 5.74) is 3.43. The Kier molecular flexibility index (Phi) is 4.26. The lowest BCUT2D eigenvalue weighted by atomic mass is 10.2. The van der Waals surface area contributed by atoms with Gasteiger partial charge in [0.15, 0.2) is 0 Å². The van der Waals surface area contributed by atoms with Gasteiger partial charge in [0, 0.05) is 10.0 Å². The summed E-state index contributed by atoms with van der Waals surface area (Å²) < 4.78 is 7.03. The average molecular weight is 376 g/mol. The van der Waals surface area contributed by atoms with Gasteiger partial charge in [0.05, 0.1) is 17.8 Å². The van der Waals surface area contributed by atoms with E-state index in [9.17, 15) is 0 Å². The molecular formula is C9H8Br2N6O. The third-order valence-corrected chi connectivity index (χ3v) is 3.00. The van der Waals surface area contributed by atoms with Gasteiger partial charge in [-0.15, -0.1) is 5.10 Å². The second-order valence-corrected chi connectivity index (χ2v) is 4.89. The second-order valence-electron chi connectivity index (χ2n) is 3.12. The molecule has 0 radical (unpaired) electrons. The molecule has 0 fully saturated rings. The molecule has 94 valence electrons. The first-order valence-corrected chi connectivity index (χ1v) is 6.35. The molecule has 2 rings (SSSR count). The highest BCUT2D eigenvalue weighted by molar-refractivity contribution is 9.11. The Labute approximate surface area is 119 Å². The van der Waals surface area contributed by atoms with Crippen LogP contribution < -0.4 is 10.2 Å². The second kappa shape index (κ2) is 5.91. The quantitative estimate of drug-likeness (QED) is 0.631. The largest absolute Gasteiger partial charge is 0.495 e. The van der Waals surface area contributed by atoms with Crippen LogP contribution in [0.5, 0.6) is 5.75 Å². The maximum Gasteiger partial charge on any atom is 0.283 e. The SMILES string of the molecule is COc1c(Br)cc(Br)cc1/C=N/Nc1nn[nH]n1. The molecule has 0 unspecified atom stereocenters. The van der Waals surface area contributed by atoms with Crippen molar-refractivity contribution in [2.45, 2.75) is 0 Å². The summed E-state index contributed by atoms with van der Waals surface area (Å²) in [4.78, 5) is 0. The summed E-state index contributed by atoms with van der Waals surface area (Å²) in [7, 11) is 1.60. The minimum atomic E-state index is 0.291. The van der Waals surface area contributed by atoms with E-state index < -0.39 is 0 Å². The summed E-state index contributed by atoms with van der Waals surface area (Å²) in [6.07, 6.45) is 1.60. The molecule has 0 spiro atoms. The lowest BCUT2D eigenvalue weighted by Gasteiger charge is -2.07.